The van der Waals surface area contributed by atoms with Gasteiger partial charge in [0.2, 0.25) is 11.1 Å². The van der Waals surface area contributed by atoms with Crippen LogP contribution >= 0.6 is 98.4 Å². The van der Waals surface area contributed by atoms with Gasteiger partial charge in [0.15, 0.2) is 0 Å². The zero-order chi connectivity index (χ0) is 57.1. The van der Waals surface area contributed by atoms with Gasteiger partial charge in [0.1, 0.15) is 17.2 Å². The Morgan fingerprint density at radius 3 is 1.79 bits per heavy atom. The van der Waals surface area contributed by atoms with E-state index in [9.17, 15) is 23.7 Å². The molecule has 10 rings (SSSR count). The quantitative estimate of drug-likeness (QED) is 0.0574. The van der Waals surface area contributed by atoms with Gasteiger partial charge in [0, 0.05) is 155 Å². The standard InChI is InChI=1S/C23H28N6O2.C22H27N5O3S.C9H17NO2.I3.I2.HI/c30-22(31)16-4-6-17(7-5-16)26-23-25-10-8-21(27-23)29-13-9-18-19(2-1-3-20(18)29)28-14-11-24-12-15-28;1-22(2,3)30-21(28)26-14-12-25(13-15-26)17-6-5-7-18-16(17)9-11-27(18)19-8-10-23-20(24-19)31(4)29;1-2-12-9(11)7-3-5-8(10)6-4-7;1-3-2;1-2;/h1-3,8-10,13,16-17,24H,4-7,11-12,14-15H2,(H,30,31)(H,25,26,27);5-11H,12-15H2,1-4H3;7-8H,2-6,10H2,1H3;;;1H/q;;;-1;;. The van der Waals surface area contributed by atoms with Crippen LogP contribution in [0.25, 0.3) is 33.4 Å². The van der Waals surface area contributed by atoms with Gasteiger partial charge in [-0.05, 0) is 128 Å². The van der Waals surface area contributed by atoms with E-state index < -0.39 is 22.4 Å². The summed E-state index contributed by atoms with van der Waals surface area (Å²) in [5.41, 5.74) is 9.75. The number of carboxylic acids is 1. The van der Waals surface area contributed by atoms with Gasteiger partial charge in [0.25, 0.3) is 0 Å². The van der Waals surface area contributed by atoms with Crippen LogP contribution in [0.1, 0.15) is 79.1 Å². The summed E-state index contributed by atoms with van der Waals surface area (Å²) in [4.78, 5) is 58.9. The van der Waals surface area contributed by atoms with Gasteiger partial charge in [-0.25, -0.2) is 19.7 Å². The van der Waals surface area contributed by atoms with E-state index in [1.54, 1.807) is 23.5 Å². The summed E-state index contributed by atoms with van der Waals surface area (Å²) in [7, 11) is -1.24. The number of benzene rings is 2. The summed E-state index contributed by atoms with van der Waals surface area (Å²) in [6.45, 7) is 14.7. The predicted octanol–water partition coefficient (Wildman–Crippen LogP) is 8.33. The fraction of sp³-hybridized carbons (Fsp3) is 0.500. The molecule has 19 nitrogen and oxygen atoms in total. The number of nitrogens with zero attached hydrogens (tertiary/aromatic N) is 9. The summed E-state index contributed by atoms with van der Waals surface area (Å²) >= 11 is 9.54. The number of aromatic nitrogens is 6. The molecule has 1 atom stereocenters. The van der Waals surface area contributed by atoms with Crippen molar-refractivity contribution in [2.24, 2.45) is 17.6 Å². The number of carboxylic acid groups (broad SMARTS) is 1. The molecule has 4 aromatic heterocycles. The first-order chi connectivity index (χ1) is 38.1. The Hall–Kier alpha value is -2.26. The van der Waals surface area contributed by atoms with Crippen LogP contribution in [-0.2, 0) is 29.9 Å². The number of halogens is 6. The number of esters is 1. The summed E-state index contributed by atoms with van der Waals surface area (Å²) in [5, 5.41) is 18.7. The Bertz CT molecular complexity index is 2920. The number of amides is 1. The number of piperazine rings is 2. The molecule has 1 amide bonds. The average molecular weight is 1800 g/mol. The average Bonchev–Trinajstić information content (AvgIpc) is 4.12. The molecule has 440 valence electrons. The van der Waals surface area contributed by atoms with E-state index in [4.69, 9.17) is 20.2 Å². The molecule has 0 spiro atoms. The Balaban J connectivity index is 0.000000227. The van der Waals surface area contributed by atoms with Crippen molar-refractivity contribution in [3.63, 3.8) is 0 Å². The Morgan fingerprint density at radius 1 is 0.762 bits per heavy atom. The number of nitrogens with one attached hydrogen (secondary N) is 2. The molecule has 4 fully saturated rings. The second kappa shape index (κ2) is 34.6. The Kier molecular flexibility index (Phi) is 29.7. The molecule has 2 aliphatic heterocycles. The number of ether oxygens (including phenoxy) is 2. The molecule has 2 saturated carbocycles. The molecule has 0 radical (unpaired) electrons. The number of aliphatic carboxylic acids is 1. The van der Waals surface area contributed by atoms with Crippen molar-refractivity contribution in [2.75, 3.05) is 80.3 Å². The minimum atomic E-state index is -1.24. The minimum Gasteiger partial charge on any atom is -0.481 e. The van der Waals surface area contributed by atoms with Crippen LogP contribution < -0.4 is 39.4 Å². The first kappa shape index (κ1) is 68.5. The van der Waals surface area contributed by atoms with Crippen LogP contribution in [0.15, 0.2) is 90.6 Å². The van der Waals surface area contributed by atoms with Gasteiger partial charge >= 0.3 is 68.5 Å². The number of hydrogen-bond acceptors (Lipinski definition) is 15. The van der Waals surface area contributed by atoms with Crippen molar-refractivity contribution < 1.29 is 46.4 Å². The number of carbonyl (C=O) groups excluding carboxylic acids is 2. The van der Waals surface area contributed by atoms with Crippen LogP contribution in [-0.4, -0.2) is 144 Å². The molecule has 0 bridgehead atoms. The number of anilines is 3. The molecule has 2 aromatic carbocycles. The summed E-state index contributed by atoms with van der Waals surface area (Å²) in [6.07, 6.45) is 15.5. The van der Waals surface area contributed by atoms with Gasteiger partial charge in [-0.3, -0.25) is 13.8 Å². The number of carbonyl (C=O) groups is 3. The van der Waals surface area contributed by atoms with Crippen molar-refractivity contribution in [2.45, 2.75) is 102 Å². The van der Waals surface area contributed by atoms with Gasteiger partial charge in [-0.15, -0.1) is 24.0 Å². The van der Waals surface area contributed by atoms with Gasteiger partial charge < -0.3 is 54.8 Å². The second-order valence-electron chi connectivity index (χ2n) is 20.3. The number of hydrogen-bond donors (Lipinski definition) is 4. The Morgan fingerprint density at radius 2 is 1.27 bits per heavy atom. The molecule has 2 aliphatic carbocycles. The van der Waals surface area contributed by atoms with E-state index in [1.807, 2.05) is 62.7 Å². The fourth-order valence-corrected chi connectivity index (χ4v) is 10.5. The SMILES string of the molecule is CCOC(=O)C1CCC(N)CC1.CS(=O)c1nccc(-n2ccc3c(N4CCN(C(=O)OC(C)(C)C)CC4)cccc32)n1.I.II.I[I-]I.O=C(O)C1CCC(Nc2nccc(-n3ccc4c(N5CCNCC5)cccc43)n2)CC1. The molecule has 80 heavy (non-hydrogen) atoms. The normalized spacial score (nSPS) is 19.4. The molecule has 4 aliphatic rings. The molecular weight excluding hydrogens is 1720 g/mol. The topological polar surface area (TPSA) is 228 Å². The maximum atomic E-state index is 12.4. The van der Waals surface area contributed by atoms with Crippen molar-refractivity contribution in [1.29, 1.82) is 0 Å². The van der Waals surface area contributed by atoms with Crippen LogP contribution in [0.3, 0.4) is 0 Å². The van der Waals surface area contributed by atoms with Crippen molar-refractivity contribution in [1.82, 2.24) is 39.3 Å². The smallest absolute Gasteiger partial charge is 0.306 e. The largest absolute Gasteiger partial charge is 0.481 e. The van der Waals surface area contributed by atoms with Gasteiger partial charge in [-0.1, -0.05) is 12.1 Å². The van der Waals surface area contributed by atoms with Crippen LogP contribution in [0.2, 0.25) is 0 Å². The second-order valence-corrected chi connectivity index (χ2v) is 37.8. The van der Waals surface area contributed by atoms with E-state index >= 15 is 0 Å². The van der Waals surface area contributed by atoms with E-state index in [1.165, 1.54) is 11.1 Å². The number of fused-ring (bicyclic) bond motifs is 2. The third kappa shape index (κ3) is 19.9. The number of rotatable bonds is 10. The molecule has 6 heterocycles. The van der Waals surface area contributed by atoms with Crippen molar-refractivity contribution >= 4 is 166 Å². The molecule has 1 unspecified atom stereocenters. The monoisotopic (exact) mass is 1790 g/mol. The summed E-state index contributed by atoms with van der Waals surface area (Å²) in [5.74, 6) is 1.27. The van der Waals surface area contributed by atoms with E-state index in [-0.39, 0.29) is 53.9 Å². The fourth-order valence-electron chi connectivity index (χ4n) is 10.1. The zero-order valence-corrected chi connectivity index (χ0v) is 59.6. The van der Waals surface area contributed by atoms with Crippen LogP contribution in [0.4, 0.5) is 22.1 Å². The maximum Gasteiger partial charge on any atom is 0.306 e. The molecular formula is C54H73I6N12O7S-. The zero-order valence-electron chi connectivity index (χ0n) is 45.6. The van der Waals surface area contributed by atoms with Gasteiger partial charge in [-0.2, -0.15) is 4.98 Å². The summed E-state index contributed by atoms with van der Waals surface area (Å²) < 4.78 is 26.3. The third-order valence-corrected chi connectivity index (χ3v) is 14.7. The van der Waals surface area contributed by atoms with Crippen molar-refractivity contribution in [3.05, 3.63) is 85.5 Å². The minimum absolute atomic E-state index is 0. The third-order valence-electron chi connectivity index (χ3n) is 14.0. The predicted molar refractivity (Wildman–Crippen MR) is 360 cm³/mol. The number of nitrogens with two attached hydrogens (primary N) is 1. The van der Waals surface area contributed by atoms with Crippen molar-refractivity contribution in [3.8, 4) is 11.6 Å². The Labute approximate surface area is 542 Å². The van der Waals surface area contributed by atoms with E-state index in [0.29, 0.717) is 68.8 Å². The maximum absolute atomic E-state index is 12.4. The van der Waals surface area contributed by atoms with Crippen LogP contribution in [0.5, 0.6) is 0 Å². The first-order valence-corrected chi connectivity index (χ1v) is 46.8. The first-order valence-electron chi connectivity index (χ1n) is 26.4. The van der Waals surface area contributed by atoms with Gasteiger partial charge in [0.05, 0.1) is 40.3 Å². The molecule has 6 aromatic rings. The van der Waals surface area contributed by atoms with E-state index in [0.717, 1.165) is 106 Å². The van der Waals surface area contributed by atoms with E-state index in [2.05, 4.69) is 157 Å². The van der Waals surface area contributed by atoms with Crippen LogP contribution in [0, 0.1) is 11.8 Å². The molecule has 5 N–H and O–H groups in total. The molecule has 26 heteroatoms. The summed E-state index contributed by atoms with van der Waals surface area (Å²) in [6, 6.07) is 21.1. The molecule has 2 saturated heterocycles.